The van der Waals surface area contributed by atoms with Gasteiger partial charge in [0.05, 0.1) is 24.5 Å². The quantitative estimate of drug-likeness (QED) is 0.165. The van der Waals surface area contributed by atoms with Gasteiger partial charge < -0.3 is 20.1 Å². The SMILES string of the molecule is CCOC(=O)CC[C@@H](NC(=O)c1ccc(NCCCc2c(N(C(C)=O)C(C)=O)nc(NC(C)=O)[nH]c2=O)c(F)c1)C(=O)OCC. The lowest BCUT2D eigenvalue weighted by Crippen LogP contribution is -2.42. The average molecular weight is 633 g/mol. The molecule has 0 unspecified atom stereocenters. The van der Waals surface area contributed by atoms with Crippen LogP contribution in [-0.4, -0.2) is 71.3 Å². The van der Waals surface area contributed by atoms with E-state index < -0.39 is 53.0 Å². The number of halogens is 1. The molecular weight excluding hydrogens is 595 g/mol. The number of nitrogens with one attached hydrogen (secondary N) is 4. The highest BCUT2D eigenvalue weighted by Crippen LogP contribution is 2.20. The summed E-state index contributed by atoms with van der Waals surface area (Å²) in [5.41, 5.74) is -0.721. The summed E-state index contributed by atoms with van der Waals surface area (Å²) in [6.45, 7) is 7.03. The summed E-state index contributed by atoms with van der Waals surface area (Å²) in [6, 6.07) is 2.46. The maximum Gasteiger partial charge on any atom is 0.328 e. The Bertz CT molecular complexity index is 1480. The van der Waals surface area contributed by atoms with Gasteiger partial charge in [-0.3, -0.25) is 39.1 Å². The minimum Gasteiger partial charge on any atom is -0.466 e. The van der Waals surface area contributed by atoms with E-state index in [4.69, 9.17) is 9.47 Å². The van der Waals surface area contributed by atoms with Gasteiger partial charge in [-0.1, -0.05) is 0 Å². The van der Waals surface area contributed by atoms with Crippen molar-refractivity contribution in [2.45, 2.75) is 66.3 Å². The Balaban J connectivity index is 2.12. The highest BCUT2D eigenvalue weighted by Gasteiger charge is 2.26. The fraction of sp³-hybridized carbons (Fsp3) is 0.448. The Morgan fingerprint density at radius 2 is 1.69 bits per heavy atom. The van der Waals surface area contributed by atoms with Crippen LogP contribution in [0.2, 0.25) is 0 Å². The Morgan fingerprint density at radius 1 is 1.02 bits per heavy atom. The van der Waals surface area contributed by atoms with Crippen LogP contribution in [0.4, 0.5) is 21.8 Å². The first-order chi connectivity index (χ1) is 21.3. The van der Waals surface area contributed by atoms with E-state index in [0.717, 1.165) is 24.8 Å². The number of aromatic nitrogens is 2. The van der Waals surface area contributed by atoms with Crippen LogP contribution >= 0.6 is 0 Å². The molecule has 1 aromatic carbocycles. The molecule has 2 aromatic rings. The lowest BCUT2D eigenvalue weighted by molar-refractivity contribution is -0.147. The van der Waals surface area contributed by atoms with Gasteiger partial charge in [-0.25, -0.2) is 14.1 Å². The van der Waals surface area contributed by atoms with Gasteiger partial charge in [0.2, 0.25) is 23.7 Å². The van der Waals surface area contributed by atoms with Crippen molar-refractivity contribution < 1.29 is 42.6 Å². The number of carbonyl (C=O) groups excluding carboxylic acids is 6. The van der Waals surface area contributed by atoms with Gasteiger partial charge in [0, 0.05) is 39.3 Å². The van der Waals surface area contributed by atoms with Crippen LogP contribution in [0.25, 0.3) is 0 Å². The van der Waals surface area contributed by atoms with Crippen molar-refractivity contribution in [3.63, 3.8) is 0 Å². The van der Waals surface area contributed by atoms with Crippen LogP contribution in [-0.2, 0) is 39.9 Å². The molecule has 0 spiro atoms. The van der Waals surface area contributed by atoms with Gasteiger partial charge in [-0.2, -0.15) is 4.98 Å². The van der Waals surface area contributed by atoms with Gasteiger partial charge in [-0.15, -0.1) is 0 Å². The fourth-order valence-electron chi connectivity index (χ4n) is 4.16. The predicted octanol–water partition coefficient (Wildman–Crippen LogP) is 1.82. The summed E-state index contributed by atoms with van der Waals surface area (Å²) < 4.78 is 24.7. The number of hydrogen-bond acceptors (Lipinski definition) is 11. The van der Waals surface area contributed by atoms with Crippen LogP contribution in [0.1, 0.15) is 69.8 Å². The second kappa shape index (κ2) is 17.2. The van der Waals surface area contributed by atoms with Crippen LogP contribution in [0.15, 0.2) is 23.0 Å². The molecule has 0 fully saturated rings. The summed E-state index contributed by atoms with van der Waals surface area (Å²) in [4.78, 5) is 92.6. The Labute approximate surface area is 258 Å². The maximum absolute atomic E-state index is 14.9. The van der Waals surface area contributed by atoms with Crippen molar-refractivity contribution in [1.29, 1.82) is 0 Å². The summed E-state index contributed by atoms with van der Waals surface area (Å²) in [5, 5.41) is 7.62. The van der Waals surface area contributed by atoms with Crippen LogP contribution < -0.4 is 26.4 Å². The third-order valence-electron chi connectivity index (χ3n) is 6.10. The standard InChI is InChI=1S/C29H37FN6O9/c1-6-44-24(40)13-12-23(28(43)45-7-2)33-26(41)19-10-11-22(21(30)15-19)31-14-8-9-20-25(36(17(4)38)18(5)39)34-29(32-16(3)37)35-27(20)42/h10-11,15,23,31H,6-9,12-14H2,1-5H3,(H,33,41)(H2,32,34,35,37,42)/t23-/m1/s1. The smallest absolute Gasteiger partial charge is 0.328 e. The second-order valence-electron chi connectivity index (χ2n) is 9.62. The highest BCUT2D eigenvalue weighted by atomic mass is 19.1. The first-order valence-electron chi connectivity index (χ1n) is 14.2. The Hall–Kier alpha value is -5.15. The number of H-pyrrole nitrogens is 1. The molecule has 0 saturated heterocycles. The van der Waals surface area contributed by atoms with Crippen LogP contribution in [0.3, 0.4) is 0 Å². The summed E-state index contributed by atoms with van der Waals surface area (Å²) in [6.07, 6.45) is 0.0346. The summed E-state index contributed by atoms with van der Waals surface area (Å²) in [7, 11) is 0. The number of nitrogens with zero attached hydrogens (tertiary/aromatic N) is 2. The van der Waals surface area contributed by atoms with E-state index in [-0.39, 0.29) is 74.0 Å². The van der Waals surface area contributed by atoms with E-state index in [0.29, 0.717) is 0 Å². The van der Waals surface area contributed by atoms with Crippen molar-refractivity contribution in [2.24, 2.45) is 0 Å². The van der Waals surface area contributed by atoms with Gasteiger partial charge in [0.25, 0.3) is 11.5 Å². The second-order valence-corrected chi connectivity index (χ2v) is 9.62. The zero-order valence-electron chi connectivity index (χ0n) is 25.7. The number of rotatable bonds is 15. The average Bonchev–Trinajstić information content (AvgIpc) is 2.94. The third-order valence-corrected chi connectivity index (χ3v) is 6.10. The predicted molar refractivity (Wildman–Crippen MR) is 160 cm³/mol. The van der Waals surface area contributed by atoms with E-state index >= 15 is 0 Å². The van der Waals surface area contributed by atoms with Crippen molar-refractivity contribution in [2.75, 3.05) is 35.3 Å². The molecule has 1 heterocycles. The molecule has 0 aliphatic heterocycles. The molecule has 4 N–H and O–H groups in total. The zero-order chi connectivity index (χ0) is 33.7. The number of hydrogen-bond donors (Lipinski definition) is 4. The van der Waals surface area contributed by atoms with E-state index in [2.05, 4.69) is 25.9 Å². The number of aromatic amines is 1. The minimum atomic E-state index is -1.15. The lowest BCUT2D eigenvalue weighted by Gasteiger charge is -2.20. The third kappa shape index (κ3) is 10.8. The topological polar surface area (TPSA) is 206 Å². The molecule has 45 heavy (non-hydrogen) atoms. The number of anilines is 3. The molecule has 0 aliphatic rings. The maximum atomic E-state index is 14.9. The minimum absolute atomic E-state index is 0.00269. The molecule has 1 aromatic heterocycles. The number of benzene rings is 1. The monoisotopic (exact) mass is 632 g/mol. The Morgan fingerprint density at radius 3 is 2.27 bits per heavy atom. The van der Waals surface area contributed by atoms with Crippen molar-refractivity contribution in [3.8, 4) is 0 Å². The number of carbonyl (C=O) groups is 6. The zero-order valence-corrected chi connectivity index (χ0v) is 25.7. The van der Waals surface area contributed by atoms with E-state index in [1.807, 2.05) is 0 Å². The number of amides is 4. The number of imide groups is 1. The van der Waals surface area contributed by atoms with Gasteiger partial charge in [-0.05, 0) is 51.3 Å². The fourth-order valence-corrected chi connectivity index (χ4v) is 4.16. The van der Waals surface area contributed by atoms with Crippen molar-refractivity contribution in [3.05, 3.63) is 45.5 Å². The molecule has 2 rings (SSSR count). The first-order valence-corrected chi connectivity index (χ1v) is 14.2. The van der Waals surface area contributed by atoms with Crippen LogP contribution in [0.5, 0.6) is 0 Å². The molecule has 0 aliphatic carbocycles. The largest absolute Gasteiger partial charge is 0.466 e. The number of ether oxygens (including phenoxy) is 2. The Kier molecular flexibility index (Phi) is 13.8. The molecule has 1 atom stereocenters. The molecule has 0 bridgehead atoms. The molecule has 4 amide bonds. The molecular formula is C29H37FN6O9. The van der Waals surface area contributed by atoms with E-state index in [1.54, 1.807) is 13.8 Å². The van der Waals surface area contributed by atoms with Crippen molar-refractivity contribution in [1.82, 2.24) is 15.3 Å². The van der Waals surface area contributed by atoms with E-state index in [1.165, 1.54) is 19.1 Å². The first kappa shape index (κ1) is 36.0. The number of esters is 2. The normalized spacial score (nSPS) is 11.2. The van der Waals surface area contributed by atoms with E-state index in [9.17, 15) is 38.0 Å². The van der Waals surface area contributed by atoms with Crippen LogP contribution in [0, 0.1) is 5.82 Å². The molecule has 0 radical (unpaired) electrons. The summed E-state index contributed by atoms with van der Waals surface area (Å²) >= 11 is 0. The lowest BCUT2D eigenvalue weighted by atomic mass is 10.1. The van der Waals surface area contributed by atoms with Gasteiger partial charge >= 0.3 is 11.9 Å². The highest BCUT2D eigenvalue weighted by molar-refractivity contribution is 6.13. The molecule has 16 heteroatoms. The van der Waals surface area contributed by atoms with Crippen molar-refractivity contribution >= 4 is 53.0 Å². The molecule has 244 valence electrons. The molecule has 0 saturated carbocycles. The molecule has 15 nitrogen and oxygen atoms in total. The summed E-state index contributed by atoms with van der Waals surface area (Å²) in [5.74, 6) is -5.20. The van der Waals surface area contributed by atoms with Gasteiger partial charge in [0.15, 0.2) is 5.82 Å². The van der Waals surface area contributed by atoms with Gasteiger partial charge in [0.1, 0.15) is 11.9 Å².